The van der Waals surface area contributed by atoms with Crippen LogP contribution in [-0.2, 0) is 65.4 Å². The number of phosphoric acid groups is 2. The molecule has 0 radical (unpaired) electrons. The topological polar surface area (TPSA) is 237 Å². The summed E-state index contributed by atoms with van der Waals surface area (Å²) in [5.74, 6) is -0.500. The van der Waals surface area contributed by atoms with Gasteiger partial charge in [0.2, 0.25) is 0 Å². The zero-order chi connectivity index (χ0) is 70.7. The molecule has 0 amide bonds. The zero-order valence-corrected chi connectivity index (χ0v) is 64.5. The van der Waals surface area contributed by atoms with Crippen molar-refractivity contribution in [3.8, 4) is 0 Å². The van der Waals surface area contributed by atoms with Crippen molar-refractivity contribution < 1.29 is 80.2 Å². The van der Waals surface area contributed by atoms with Gasteiger partial charge >= 0.3 is 39.5 Å². The summed E-state index contributed by atoms with van der Waals surface area (Å²) >= 11 is 0. The minimum absolute atomic E-state index is 0.107. The van der Waals surface area contributed by atoms with Crippen LogP contribution in [0.25, 0.3) is 0 Å². The molecule has 19 heteroatoms. The third kappa shape index (κ3) is 70.5. The van der Waals surface area contributed by atoms with Gasteiger partial charge in [0.05, 0.1) is 26.4 Å². The summed E-state index contributed by atoms with van der Waals surface area (Å²) in [5.41, 5.74) is 0. The van der Waals surface area contributed by atoms with Gasteiger partial charge in [0, 0.05) is 25.7 Å². The molecule has 0 aliphatic rings. The molecule has 0 fully saturated rings. The number of hydrogen-bond donors (Lipinski definition) is 3. The van der Waals surface area contributed by atoms with E-state index in [9.17, 15) is 43.2 Å². The molecule has 3 N–H and O–H groups in total. The molecule has 17 nitrogen and oxygen atoms in total. The van der Waals surface area contributed by atoms with Crippen molar-refractivity contribution in [3.05, 3.63) is 0 Å². The van der Waals surface area contributed by atoms with E-state index in [0.717, 1.165) is 108 Å². The molecule has 0 aliphatic heterocycles. The zero-order valence-electron chi connectivity index (χ0n) is 62.7. The number of carbonyl (C=O) groups excluding carboxylic acids is 4. The molecule has 2 unspecified atom stereocenters. The second-order valence-electron chi connectivity index (χ2n) is 28.7. The third-order valence-corrected chi connectivity index (χ3v) is 19.9. The van der Waals surface area contributed by atoms with Crippen LogP contribution in [0.5, 0.6) is 0 Å². The Morgan fingerprint density at radius 2 is 0.479 bits per heavy atom. The highest BCUT2D eigenvalue weighted by molar-refractivity contribution is 7.47. The molecule has 96 heavy (non-hydrogen) atoms. The Balaban J connectivity index is 5.19. The van der Waals surface area contributed by atoms with Crippen LogP contribution < -0.4 is 0 Å². The number of rotatable bonds is 76. The molecule has 0 saturated heterocycles. The maximum atomic E-state index is 13.1. The highest BCUT2D eigenvalue weighted by Crippen LogP contribution is 2.45. The average molecular weight is 1410 g/mol. The molecule has 0 aliphatic carbocycles. The van der Waals surface area contributed by atoms with Crippen LogP contribution in [0, 0.1) is 11.8 Å². The van der Waals surface area contributed by atoms with Crippen LogP contribution in [0.3, 0.4) is 0 Å². The largest absolute Gasteiger partial charge is 0.472 e. The van der Waals surface area contributed by atoms with E-state index in [-0.39, 0.29) is 25.7 Å². The summed E-state index contributed by atoms with van der Waals surface area (Å²) in [5, 5.41) is 10.6. The molecule has 0 spiro atoms. The summed E-state index contributed by atoms with van der Waals surface area (Å²) in [7, 11) is -9.91. The first kappa shape index (κ1) is 94.1. The van der Waals surface area contributed by atoms with Gasteiger partial charge in [-0.2, -0.15) is 0 Å². The molecule has 0 aromatic rings. The van der Waals surface area contributed by atoms with Gasteiger partial charge in [-0.25, -0.2) is 9.13 Å². The lowest BCUT2D eigenvalue weighted by atomic mass is 10.0. The molecule has 0 bridgehead atoms. The van der Waals surface area contributed by atoms with Crippen molar-refractivity contribution in [2.45, 2.75) is 419 Å². The number of hydrogen-bond acceptors (Lipinski definition) is 15. The van der Waals surface area contributed by atoms with Gasteiger partial charge < -0.3 is 33.8 Å². The minimum Gasteiger partial charge on any atom is -0.462 e. The fourth-order valence-electron chi connectivity index (χ4n) is 11.8. The molecule has 0 heterocycles. The monoisotopic (exact) mass is 1410 g/mol. The first-order valence-corrected chi connectivity index (χ1v) is 43.0. The maximum Gasteiger partial charge on any atom is 0.472 e. The lowest BCUT2D eigenvalue weighted by molar-refractivity contribution is -0.161. The van der Waals surface area contributed by atoms with Crippen molar-refractivity contribution >= 4 is 39.5 Å². The fraction of sp³-hybridized carbons (Fsp3) is 0.948. The number of aliphatic hydroxyl groups excluding tert-OH is 1. The first-order valence-electron chi connectivity index (χ1n) is 40.0. The van der Waals surface area contributed by atoms with Gasteiger partial charge in [0.25, 0.3) is 0 Å². The van der Waals surface area contributed by atoms with E-state index in [2.05, 4.69) is 41.5 Å². The molecule has 5 atom stereocenters. The van der Waals surface area contributed by atoms with Crippen molar-refractivity contribution in [2.24, 2.45) is 11.8 Å². The Labute approximate surface area is 588 Å². The van der Waals surface area contributed by atoms with Gasteiger partial charge in [0.1, 0.15) is 19.3 Å². The lowest BCUT2D eigenvalue weighted by Gasteiger charge is -2.21. The Morgan fingerprint density at radius 1 is 0.281 bits per heavy atom. The fourth-order valence-corrected chi connectivity index (χ4v) is 13.4. The Bertz CT molecular complexity index is 1860. The second-order valence-corrected chi connectivity index (χ2v) is 31.6. The van der Waals surface area contributed by atoms with Crippen LogP contribution in [0.1, 0.15) is 401 Å². The van der Waals surface area contributed by atoms with Gasteiger partial charge in [-0.05, 0) is 37.5 Å². The van der Waals surface area contributed by atoms with E-state index in [1.807, 2.05) is 0 Å². The summed E-state index contributed by atoms with van der Waals surface area (Å²) in [6.07, 6.45) is 56.9. The number of carbonyl (C=O) groups is 4. The standard InChI is InChI=1S/C77H150O17P2/c1-7-9-11-13-15-17-29-37-43-49-55-61-76(81)93-72(65-87-74(79)59-53-47-41-16-14-12-10-8-2)67-91-95(83,84)89-63-71(78)64-90-96(85,86)92-68-73(66-88-75(80)60-54-48-42-36-32-27-24-20-22-26-31-35-40-46-52-58-70(5)6)94-77(82)62-56-50-44-38-33-28-23-19-18-21-25-30-34-39-45-51-57-69(3)4/h69-73,78H,7-68H2,1-6H3,(H,83,84)(H,85,86)/t71-,72+,73+/m0/s1. The summed E-state index contributed by atoms with van der Waals surface area (Å²) in [4.78, 5) is 72.7. The molecule has 0 aromatic carbocycles. The summed E-state index contributed by atoms with van der Waals surface area (Å²) in [6.45, 7) is 9.63. The van der Waals surface area contributed by atoms with Crippen molar-refractivity contribution in [1.29, 1.82) is 0 Å². The van der Waals surface area contributed by atoms with E-state index < -0.39 is 97.5 Å². The number of ether oxygens (including phenoxy) is 4. The molecule has 0 rings (SSSR count). The van der Waals surface area contributed by atoms with Gasteiger partial charge in [-0.15, -0.1) is 0 Å². The average Bonchev–Trinajstić information content (AvgIpc) is 2.29. The predicted octanol–water partition coefficient (Wildman–Crippen LogP) is 22.7. The van der Waals surface area contributed by atoms with Gasteiger partial charge in [0.15, 0.2) is 12.2 Å². The van der Waals surface area contributed by atoms with Crippen LogP contribution in [0.4, 0.5) is 0 Å². The quantitative estimate of drug-likeness (QED) is 0.0222. The molecular formula is C77H150O17P2. The minimum atomic E-state index is -4.96. The number of phosphoric ester groups is 2. The lowest BCUT2D eigenvalue weighted by Crippen LogP contribution is -2.30. The summed E-state index contributed by atoms with van der Waals surface area (Å²) < 4.78 is 68.5. The molecule has 0 saturated carbocycles. The van der Waals surface area contributed by atoms with Gasteiger partial charge in [-0.3, -0.25) is 37.3 Å². The van der Waals surface area contributed by atoms with Crippen molar-refractivity contribution in [2.75, 3.05) is 39.6 Å². The summed E-state index contributed by atoms with van der Waals surface area (Å²) in [6, 6.07) is 0. The SMILES string of the molecule is CCCCCCCCCCCCCC(=O)O[C@H](COC(=O)CCCCCCCCCC)COP(=O)(O)OC[C@H](O)COP(=O)(O)OC[C@@H](COC(=O)CCCCCCCCCCCCCCCCCC(C)C)OC(=O)CCCCCCCCCCCCCCCCCCC(C)C. The highest BCUT2D eigenvalue weighted by Gasteiger charge is 2.30. The maximum absolute atomic E-state index is 13.1. The highest BCUT2D eigenvalue weighted by atomic mass is 31.2. The van der Waals surface area contributed by atoms with Gasteiger partial charge in [-0.1, -0.05) is 350 Å². The van der Waals surface area contributed by atoms with Crippen LogP contribution in [0.2, 0.25) is 0 Å². The van der Waals surface area contributed by atoms with Crippen LogP contribution >= 0.6 is 15.6 Å². The Kier molecular flexibility index (Phi) is 67.4. The van der Waals surface area contributed by atoms with E-state index in [1.165, 1.54) is 212 Å². The normalized spacial score (nSPS) is 14.0. The van der Waals surface area contributed by atoms with Crippen molar-refractivity contribution in [3.63, 3.8) is 0 Å². The van der Waals surface area contributed by atoms with E-state index in [4.69, 9.17) is 37.0 Å². The Morgan fingerprint density at radius 3 is 0.708 bits per heavy atom. The molecule has 0 aromatic heterocycles. The van der Waals surface area contributed by atoms with E-state index >= 15 is 0 Å². The van der Waals surface area contributed by atoms with E-state index in [1.54, 1.807) is 0 Å². The molecular weight excluding hydrogens is 1260 g/mol. The van der Waals surface area contributed by atoms with E-state index in [0.29, 0.717) is 25.7 Å². The van der Waals surface area contributed by atoms with Crippen LogP contribution in [0.15, 0.2) is 0 Å². The second kappa shape index (κ2) is 68.8. The number of esters is 4. The number of aliphatic hydroxyl groups is 1. The van der Waals surface area contributed by atoms with Crippen molar-refractivity contribution in [1.82, 2.24) is 0 Å². The number of unbranched alkanes of at least 4 members (excludes halogenated alkanes) is 46. The predicted molar refractivity (Wildman–Crippen MR) is 391 cm³/mol. The van der Waals surface area contributed by atoms with Crippen LogP contribution in [-0.4, -0.2) is 96.7 Å². The Hall–Kier alpha value is -1.94. The molecule has 570 valence electrons. The smallest absolute Gasteiger partial charge is 0.462 e. The first-order chi connectivity index (χ1) is 46.4. The third-order valence-electron chi connectivity index (χ3n) is 18.0.